The molecule has 0 N–H and O–H groups in total. The third-order valence-electron chi connectivity index (χ3n) is 5.63. The van der Waals surface area contributed by atoms with Crippen LogP contribution < -0.4 is 0 Å². The molecule has 3 rings (SSSR count). The van der Waals surface area contributed by atoms with Crippen molar-refractivity contribution in [1.82, 2.24) is 14.1 Å². The first-order valence-electron chi connectivity index (χ1n) is 9.40. The van der Waals surface area contributed by atoms with Gasteiger partial charge in [-0.15, -0.1) is 0 Å². The molecule has 28 heavy (non-hydrogen) atoms. The highest BCUT2D eigenvalue weighted by molar-refractivity contribution is 8.13. The monoisotopic (exact) mass is 425 g/mol. The topological polar surface area (TPSA) is 78.0 Å². The molecule has 2 aliphatic rings. The van der Waals surface area contributed by atoms with Crippen molar-refractivity contribution in [2.24, 2.45) is 0 Å². The van der Waals surface area contributed by atoms with Crippen molar-refractivity contribution in [1.29, 1.82) is 0 Å². The number of aryl methyl sites for hydroxylation is 2. The van der Waals surface area contributed by atoms with Crippen LogP contribution in [0.15, 0.2) is 11.0 Å². The average Bonchev–Trinajstić information content (AvgIpc) is 2.64. The Bertz CT molecular complexity index is 864. The van der Waals surface area contributed by atoms with Crippen molar-refractivity contribution in [2.75, 3.05) is 38.6 Å². The van der Waals surface area contributed by atoms with Crippen molar-refractivity contribution < 1.29 is 18.0 Å². The van der Waals surface area contributed by atoms with E-state index >= 15 is 0 Å². The second kappa shape index (κ2) is 8.14. The number of nitrogens with zero attached hydrogens (tertiary/aromatic N) is 3. The van der Waals surface area contributed by atoms with E-state index in [0.29, 0.717) is 43.2 Å². The summed E-state index contributed by atoms with van der Waals surface area (Å²) in [5.41, 5.74) is 3.54. The van der Waals surface area contributed by atoms with Crippen LogP contribution in [0.3, 0.4) is 0 Å². The lowest BCUT2D eigenvalue weighted by molar-refractivity contribution is -0.129. The summed E-state index contributed by atoms with van der Waals surface area (Å²) in [5.74, 6) is 0.384. The van der Waals surface area contributed by atoms with Gasteiger partial charge in [0.1, 0.15) is 0 Å². The molecule has 2 heterocycles. The molecule has 0 atom stereocenters. The van der Waals surface area contributed by atoms with Crippen LogP contribution in [0.1, 0.15) is 28.7 Å². The lowest BCUT2D eigenvalue weighted by Crippen LogP contribution is -2.53. The SMILES string of the molecule is Cc1cc(C)c(C)c(S(=O)(=O)N2CCN(CN3C(=O)CCSC3=O)CC2)c1C. The van der Waals surface area contributed by atoms with E-state index in [-0.39, 0.29) is 17.8 Å². The predicted octanol–water partition coefficient (Wildman–Crippen LogP) is 2.27. The fourth-order valence-corrected chi connectivity index (χ4v) is 6.45. The number of amides is 2. The van der Waals surface area contributed by atoms with Gasteiger partial charge in [-0.05, 0) is 49.9 Å². The van der Waals surface area contributed by atoms with E-state index in [9.17, 15) is 18.0 Å². The van der Waals surface area contributed by atoms with Crippen molar-refractivity contribution in [3.05, 3.63) is 28.3 Å². The zero-order valence-electron chi connectivity index (χ0n) is 16.8. The number of imide groups is 1. The Hall–Kier alpha value is -1.42. The molecule has 0 aliphatic carbocycles. The molecule has 2 fully saturated rings. The third-order valence-corrected chi connectivity index (χ3v) is 8.68. The average molecular weight is 426 g/mol. The quantitative estimate of drug-likeness (QED) is 0.736. The van der Waals surface area contributed by atoms with Gasteiger partial charge in [0.25, 0.3) is 5.24 Å². The number of carbonyl (C=O) groups excluding carboxylic acids is 2. The summed E-state index contributed by atoms with van der Waals surface area (Å²) >= 11 is 1.16. The van der Waals surface area contributed by atoms with E-state index in [4.69, 9.17) is 0 Å². The van der Waals surface area contributed by atoms with Crippen LogP contribution in [0, 0.1) is 27.7 Å². The number of hydrogen-bond acceptors (Lipinski definition) is 6. The van der Waals surface area contributed by atoms with Gasteiger partial charge in [-0.3, -0.25) is 19.4 Å². The van der Waals surface area contributed by atoms with Gasteiger partial charge in [-0.1, -0.05) is 17.8 Å². The second-order valence-corrected chi connectivity index (χ2v) is 10.4. The Labute approximate surface area is 171 Å². The Morgan fingerprint density at radius 1 is 0.964 bits per heavy atom. The molecule has 2 saturated heterocycles. The molecule has 7 nitrogen and oxygen atoms in total. The van der Waals surface area contributed by atoms with Crippen molar-refractivity contribution in [3.8, 4) is 0 Å². The van der Waals surface area contributed by atoms with Crippen LogP contribution in [0.5, 0.6) is 0 Å². The van der Waals surface area contributed by atoms with Gasteiger partial charge < -0.3 is 0 Å². The summed E-state index contributed by atoms with van der Waals surface area (Å²) in [7, 11) is -3.59. The van der Waals surface area contributed by atoms with Gasteiger partial charge in [-0.2, -0.15) is 4.31 Å². The third kappa shape index (κ3) is 3.98. The Balaban J connectivity index is 1.73. The Morgan fingerprint density at radius 2 is 1.54 bits per heavy atom. The molecule has 2 amide bonds. The summed E-state index contributed by atoms with van der Waals surface area (Å²) < 4.78 is 28.2. The minimum absolute atomic E-state index is 0.153. The first-order chi connectivity index (χ1) is 13.1. The van der Waals surface area contributed by atoms with Crippen molar-refractivity contribution in [2.45, 2.75) is 39.0 Å². The molecular weight excluding hydrogens is 398 g/mol. The number of carbonyl (C=O) groups is 2. The van der Waals surface area contributed by atoms with Gasteiger partial charge in [0, 0.05) is 38.4 Å². The number of hydrogen-bond donors (Lipinski definition) is 0. The van der Waals surface area contributed by atoms with E-state index in [0.717, 1.165) is 34.0 Å². The molecule has 0 unspecified atom stereocenters. The van der Waals surface area contributed by atoms with Crippen molar-refractivity contribution >= 4 is 32.9 Å². The molecule has 0 radical (unpaired) electrons. The van der Waals surface area contributed by atoms with Crippen molar-refractivity contribution in [3.63, 3.8) is 0 Å². The summed E-state index contributed by atoms with van der Waals surface area (Å²) in [6, 6.07) is 2.02. The van der Waals surface area contributed by atoms with E-state index in [1.807, 2.05) is 38.7 Å². The Kier molecular flexibility index (Phi) is 6.19. The maximum absolute atomic E-state index is 13.3. The number of piperazine rings is 1. The van der Waals surface area contributed by atoms with Crippen LogP contribution in [0.25, 0.3) is 0 Å². The predicted molar refractivity (Wildman–Crippen MR) is 110 cm³/mol. The maximum Gasteiger partial charge on any atom is 0.289 e. The van der Waals surface area contributed by atoms with E-state index in [2.05, 4.69) is 0 Å². The zero-order chi connectivity index (χ0) is 20.6. The van der Waals surface area contributed by atoms with Gasteiger partial charge in [0.05, 0.1) is 11.6 Å². The van der Waals surface area contributed by atoms with Gasteiger partial charge in [0.15, 0.2) is 0 Å². The zero-order valence-corrected chi connectivity index (χ0v) is 18.5. The molecule has 0 bridgehead atoms. The highest BCUT2D eigenvalue weighted by atomic mass is 32.2. The van der Waals surface area contributed by atoms with Crippen LogP contribution in [0.4, 0.5) is 4.79 Å². The summed E-state index contributed by atoms with van der Waals surface area (Å²) in [5, 5.41) is -0.215. The largest absolute Gasteiger partial charge is 0.289 e. The second-order valence-electron chi connectivity index (χ2n) is 7.44. The summed E-state index contributed by atoms with van der Waals surface area (Å²) in [6.07, 6.45) is 0.371. The molecule has 0 saturated carbocycles. The molecule has 1 aromatic carbocycles. The molecule has 0 spiro atoms. The maximum atomic E-state index is 13.3. The molecular formula is C19H27N3O4S2. The summed E-state index contributed by atoms with van der Waals surface area (Å²) in [6.45, 7) is 9.49. The molecule has 154 valence electrons. The minimum Gasteiger partial charge on any atom is -0.283 e. The van der Waals surface area contributed by atoms with Crippen LogP contribution in [-0.2, 0) is 14.8 Å². The Morgan fingerprint density at radius 3 is 2.07 bits per heavy atom. The van der Waals surface area contributed by atoms with Gasteiger partial charge >= 0.3 is 0 Å². The van der Waals surface area contributed by atoms with Gasteiger partial charge in [0.2, 0.25) is 15.9 Å². The number of thioether (sulfide) groups is 1. The number of rotatable bonds is 4. The lowest BCUT2D eigenvalue weighted by Gasteiger charge is -2.37. The first kappa shape index (κ1) is 21.3. The molecule has 2 aliphatic heterocycles. The van der Waals surface area contributed by atoms with E-state index < -0.39 is 10.0 Å². The number of benzene rings is 1. The highest BCUT2D eigenvalue weighted by Crippen LogP contribution is 2.29. The lowest BCUT2D eigenvalue weighted by atomic mass is 10.0. The molecule has 9 heteroatoms. The fraction of sp³-hybridized carbons (Fsp3) is 0.579. The highest BCUT2D eigenvalue weighted by Gasteiger charge is 2.34. The standard InChI is InChI=1S/C19H27N3O4S2/c1-13-11-14(2)16(4)18(15(13)3)28(25,26)21-8-6-20(7-9-21)12-22-17(23)5-10-27-19(22)24/h11H,5-10,12H2,1-4H3. The van der Waals surface area contributed by atoms with Crippen LogP contribution in [0.2, 0.25) is 0 Å². The minimum atomic E-state index is -3.59. The fourth-order valence-electron chi connectivity index (χ4n) is 3.68. The molecule has 1 aromatic rings. The van der Waals surface area contributed by atoms with Crippen LogP contribution in [-0.4, -0.2) is 72.3 Å². The number of sulfonamides is 1. The first-order valence-corrected chi connectivity index (χ1v) is 11.8. The van der Waals surface area contributed by atoms with Gasteiger partial charge in [-0.25, -0.2) is 8.42 Å². The van der Waals surface area contributed by atoms with E-state index in [1.165, 1.54) is 9.21 Å². The normalized spacial score (nSPS) is 20.1. The van der Waals surface area contributed by atoms with E-state index in [1.54, 1.807) is 0 Å². The summed E-state index contributed by atoms with van der Waals surface area (Å²) in [4.78, 5) is 27.6. The smallest absolute Gasteiger partial charge is 0.283 e. The molecule has 0 aromatic heterocycles. The van der Waals surface area contributed by atoms with Crippen LogP contribution >= 0.6 is 11.8 Å².